The van der Waals surface area contributed by atoms with Crippen molar-refractivity contribution in [3.05, 3.63) is 0 Å². The lowest BCUT2D eigenvalue weighted by Gasteiger charge is -2.34. The Kier molecular flexibility index (Phi) is 8.53. The number of nitrogens with one attached hydrogen (secondary N) is 1. The maximum absolute atomic E-state index is 5.81. The molecule has 0 aromatic carbocycles. The Bertz CT molecular complexity index is 261. The van der Waals surface area contributed by atoms with E-state index in [1.54, 1.807) is 7.11 Å². The monoisotopic (exact) mass is 272 g/mol. The summed E-state index contributed by atoms with van der Waals surface area (Å²) in [5.74, 6) is 6.33. The van der Waals surface area contributed by atoms with Gasteiger partial charge in [-0.25, -0.2) is 5.84 Å². The topological polar surface area (TPSA) is 72.1 Å². The van der Waals surface area contributed by atoms with E-state index in [1.807, 2.05) is 0 Å². The van der Waals surface area contributed by atoms with Crippen LogP contribution in [-0.4, -0.2) is 56.9 Å². The molecule has 1 aliphatic rings. The summed E-state index contributed by atoms with van der Waals surface area (Å²) in [5, 5.41) is 0. The fraction of sp³-hybridized carbons (Fsp3) is 0.923. The van der Waals surface area contributed by atoms with Crippen molar-refractivity contribution in [1.82, 2.24) is 10.3 Å². The molecule has 6 nitrogen and oxygen atoms in total. The number of methoxy groups -OCH3 is 1. The molecule has 1 unspecified atom stereocenters. The third-order valence-corrected chi connectivity index (χ3v) is 3.13. The van der Waals surface area contributed by atoms with Crippen molar-refractivity contribution >= 4 is 5.96 Å². The van der Waals surface area contributed by atoms with Gasteiger partial charge in [-0.3, -0.25) is 10.4 Å². The molecule has 0 amide bonds. The van der Waals surface area contributed by atoms with Crippen LogP contribution in [0.25, 0.3) is 0 Å². The summed E-state index contributed by atoms with van der Waals surface area (Å²) in [7, 11) is 1.70. The van der Waals surface area contributed by atoms with Gasteiger partial charge < -0.3 is 14.4 Å². The molecule has 0 aromatic rings. The van der Waals surface area contributed by atoms with E-state index in [9.17, 15) is 0 Å². The van der Waals surface area contributed by atoms with Crippen LogP contribution in [0.5, 0.6) is 0 Å². The van der Waals surface area contributed by atoms with Gasteiger partial charge in [0.2, 0.25) is 5.96 Å². The van der Waals surface area contributed by atoms with E-state index in [0.717, 1.165) is 64.5 Å². The van der Waals surface area contributed by atoms with Crippen LogP contribution in [0, 0.1) is 0 Å². The van der Waals surface area contributed by atoms with E-state index in [1.165, 1.54) is 0 Å². The van der Waals surface area contributed by atoms with Gasteiger partial charge in [-0.15, -0.1) is 0 Å². The smallest absolute Gasteiger partial charge is 0.208 e. The first kappa shape index (κ1) is 16.2. The number of hydrogen-bond donors (Lipinski definition) is 2. The van der Waals surface area contributed by atoms with Crippen LogP contribution >= 0.6 is 0 Å². The number of ether oxygens (including phenoxy) is 2. The van der Waals surface area contributed by atoms with Crippen molar-refractivity contribution in [1.29, 1.82) is 0 Å². The van der Waals surface area contributed by atoms with Crippen LogP contribution in [0.1, 0.15) is 32.6 Å². The summed E-state index contributed by atoms with van der Waals surface area (Å²) >= 11 is 0. The molecule has 6 heteroatoms. The Morgan fingerprint density at radius 2 is 2.32 bits per heavy atom. The standard InChI is InChI=1S/C13H28N4O2/c1-3-9-19-12-6-4-8-17(11-12)13(16-14)15-7-5-10-18-2/h12H,3-11,14H2,1-2H3,(H,15,16). The first-order valence-electron chi connectivity index (χ1n) is 7.18. The van der Waals surface area contributed by atoms with Crippen LogP contribution in [0.3, 0.4) is 0 Å². The molecule has 0 bridgehead atoms. The molecule has 0 spiro atoms. The summed E-state index contributed by atoms with van der Waals surface area (Å²) in [4.78, 5) is 6.67. The molecule has 112 valence electrons. The molecule has 1 rings (SSSR count). The van der Waals surface area contributed by atoms with Crippen molar-refractivity contribution in [3.63, 3.8) is 0 Å². The minimum Gasteiger partial charge on any atom is -0.385 e. The Labute approximate surface area is 116 Å². The second kappa shape index (κ2) is 10.00. The molecule has 19 heavy (non-hydrogen) atoms. The molecule has 0 aliphatic carbocycles. The number of hydrazine groups is 1. The van der Waals surface area contributed by atoms with Crippen molar-refractivity contribution < 1.29 is 9.47 Å². The average Bonchev–Trinajstić information content (AvgIpc) is 2.45. The quantitative estimate of drug-likeness (QED) is 0.235. The van der Waals surface area contributed by atoms with Gasteiger partial charge >= 0.3 is 0 Å². The van der Waals surface area contributed by atoms with Crippen LogP contribution < -0.4 is 11.3 Å². The first-order chi connectivity index (χ1) is 9.31. The van der Waals surface area contributed by atoms with Crippen molar-refractivity contribution in [2.24, 2.45) is 10.8 Å². The number of rotatable bonds is 7. The second-order valence-corrected chi connectivity index (χ2v) is 4.78. The van der Waals surface area contributed by atoms with Gasteiger partial charge in [0.15, 0.2) is 0 Å². The molecular formula is C13H28N4O2. The van der Waals surface area contributed by atoms with Crippen LogP contribution in [0.2, 0.25) is 0 Å². The van der Waals surface area contributed by atoms with Crippen LogP contribution in [-0.2, 0) is 9.47 Å². The number of guanidine groups is 1. The summed E-state index contributed by atoms with van der Waals surface area (Å²) in [6.07, 6.45) is 4.51. The number of hydrogen-bond acceptors (Lipinski definition) is 4. The lowest BCUT2D eigenvalue weighted by atomic mass is 10.1. The summed E-state index contributed by atoms with van der Waals surface area (Å²) in [6, 6.07) is 0. The Morgan fingerprint density at radius 3 is 3.00 bits per heavy atom. The molecular weight excluding hydrogens is 244 g/mol. The lowest BCUT2D eigenvalue weighted by molar-refractivity contribution is 0.0157. The van der Waals surface area contributed by atoms with Gasteiger partial charge in [0.05, 0.1) is 6.10 Å². The van der Waals surface area contributed by atoms with Crippen LogP contribution in [0.4, 0.5) is 0 Å². The number of nitrogens with two attached hydrogens (primary N) is 1. The molecule has 0 radical (unpaired) electrons. The van der Waals surface area contributed by atoms with Crippen molar-refractivity contribution in [2.45, 2.75) is 38.7 Å². The largest absolute Gasteiger partial charge is 0.385 e. The zero-order chi connectivity index (χ0) is 13.9. The zero-order valence-corrected chi connectivity index (χ0v) is 12.2. The second-order valence-electron chi connectivity index (χ2n) is 4.78. The molecule has 1 heterocycles. The lowest BCUT2D eigenvalue weighted by Crippen LogP contribution is -2.50. The maximum atomic E-state index is 5.81. The van der Waals surface area contributed by atoms with E-state index in [-0.39, 0.29) is 0 Å². The highest BCUT2D eigenvalue weighted by molar-refractivity contribution is 5.79. The molecule has 1 atom stereocenters. The molecule has 1 aliphatic heterocycles. The number of likely N-dealkylation sites (tertiary alicyclic amines) is 1. The van der Waals surface area contributed by atoms with E-state index in [2.05, 4.69) is 22.2 Å². The number of piperidine rings is 1. The highest BCUT2D eigenvalue weighted by atomic mass is 16.5. The van der Waals surface area contributed by atoms with E-state index in [0.29, 0.717) is 6.10 Å². The SMILES string of the molecule is CCCOC1CCCN(C(=NCCCOC)NN)C1. The molecule has 1 fully saturated rings. The van der Waals surface area contributed by atoms with Crippen LogP contribution in [0.15, 0.2) is 4.99 Å². The van der Waals surface area contributed by atoms with Crippen molar-refractivity contribution in [2.75, 3.05) is 40.0 Å². The Morgan fingerprint density at radius 1 is 1.47 bits per heavy atom. The van der Waals surface area contributed by atoms with Crippen molar-refractivity contribution in [3.8, 4) is 0 Å². The fourth-order valence-corrected chi connectivity index (χ4v) is 2.18. The van der Waals surface area contributed by atoms with Gasteiger partial charge in [0, 0.05) is 40.0 Å². The molecule has 0 aromatic heterocycles. The molecule has 1 saturated heterocycles. The van der Waals surface area contributed by atoms with E-state index < -0.39 is 0 Å². The third-order valence-electron chi connectivity index (χ3n) is 3.13. The highest BCUT2D eigenvalue weighted by Gasteiger charge is 2.22. The minimum atomic E-state index is 0.297. The average molecular weight is 272 g/mol. The Hall–Kier alpha value is -0.850. The molecule has 0 saturated carbocycles. The highest BCUT2D eigenvalue weighted by Crippen LogP contribution is 2.13. The summed E-state index contributed by atoms with van der Waals surface area (Å²) in [6.45, 7) is 6.26. The first-order valence-corrected chi connectivity index (χ1v) is 7.18. The maximum Gasteiger partial charge on any atom is 0.208 e. The zero-order valence-electron chi connectivity index (χ0n) is 12.2. The van der Waals surface area contributed by atoms with Gasteiger partial charge in [-0.2, -0.15) is 0 Å². The third kappa shape index (κ3) is 6.22. The fourth-order valence-electron chi connectivity index (χ4n) is 2.18. The van der Waals surface area contributed by atoms with Gasteiger partial charge in [0.1, 0.15) is 0 Å². The van der Waals surface area contributed by atoms with E-state index in [4.69, 9.17) is 15.3 Å². The van der Waals surface area contributed by atoms with Gasteiger partial charge in [0.25, 0.3) is 0 Å². The summed E-state index contributed by atoms with van der Waals surface area (Å²) < 4.78 is 10.8. The van der Waals surface area contributed by atoms with E-state index >= 15 is 0 Å². The normalized spacial score (nSPS) is 20.7. The number of aliphatic imine (C=N–C) groups is 1. The Balaban J connectivity index is 2.40. The predicted octanol–water partition coefficient (Wildman–Crippen LogP) is 0.733. The molecule has 3 N–H and O–H groups in total. The summed E-state index contributed by atoms with van der Waals surface area (Å²) in [5.41, 5.74) is 2.70. The van der Waals surface area contributed by atoms with Gasteiger partial charge in [-0.05, 0) is 25.7 Å². The predicted molar refractivity (Wildman–Crippen MR) is 77.0 cm³/mol. The number of nitrogens with zero attached hydrogens (tertiary/aromatic N) is 2. The minimum absolute atomic E-state index is 0.297. The van der Waals surface area contributed by atoms with Gasteiger partial charge in [-0.1, -0.05) is 6.92 Å².